The Kier molecular flexibility index (Phi) is 3.97. The van der Waals surface area contributed by atoms with E-state index in [-0.39, 0.29) is 24.0 Å². The zero-order valence-electron chi connectivity index (χ0n) is 13.3. The molecule has 8 nitrogen and oxygen atoms in total. The molecule has 2 atom stereocenters. The lowest BCUT2D eigenvalue weighted by Gasteiger charge is -2.51. The number of nitrogens with zero attached hydrogens (tertiary/aromatic N) is 4. The van der Waals surface area contributed by atoms with Crippen molar-refractivity contribution in [1.29, 1.82) is 0 Å². The number of carboxylic acid groups (broad SMARTS) is 1. The quantitative estimate of drug-likeness (QED) is 0.829. The van der Waals surface area contributed by atoms with Gasteiger partial charge < -0.3 is 10.0 Å². The number of carbonyl (C=O) groups is 1. The molecule has 3 rings (SSSR count). The van der Waals surface area contributed by atoms with Crippen LogP contribution in [-0.2, 0) is 21.9 Å². The second-order valence-electron chi connectivity index (χ2n) is 6.52. The number of carboxylic acids is 1. The highest BCUT2D eigenvalue weighted by molar-refractivity contribution is 7.89. The fourth-order valence-electron chi connectivity index (χ4n) is 3.86. The molecule has 0 unspecified atom stereocenters. The van der Waals surface area contributed by atoms with Crippen LogP contribution in [0.25, 0.3) is 0 Å². The van der Waals surface area contributed by atoms with E-state index < -0.39 is 21.4 Å². The second kappa shape index (κ2) is 5.57. The minimum atomic E-state index is -3.64. The van der Waals surface area contributed by atoms with Crippen LogP contribution in [-0.4, -0.2) is 71.2 Å². The first-order chi connectivity index (χ1) is 10.8. The van der Waals surface area contributed by atoms with Gasteiger partial charge in [0.1, 0.15) is 4.90 Å². The van der Waals surface area contributed by atoms with Crippen molar-refractivity contribution in [2.24, 2.45) is 12.5 Å². The van der Waals surface area contributed by atoms with E-state index in [0.29, 0.717) is 12.8 Å². The maximum Gasteiger partial charge on any atom is 0.311 e. The zero-order chi connectivity index (χ0) is 16.8. The number of likely N-dealkylation sites (N-methyl/N-ethyl adjacent to an activating group) is 1. The van der Waals surface area contributed by atoms with E-state index in [1.165, 1.54) is 21.4 Å². The molecule has 2 aliphatic rings. The number of aryl methyl sites for hydroxylation is 1. The Morgan fingerprint density at radius 3 is 2.70 bits per heavy atom. The summed E-state index contributed by atoms with van der Waals surface area (Å²) in [5, 5.41) is 13.7. The molecular weight excluding hydrogens is 320 g/mol. The van der Waals surface area contributed by atoms with Crippen LogP contribution < -0.4 is 0 Å². The van der Waals surface area contributed by atoms with Crippen LogP contribution in [0.15, 0.2) is 17.3 Å². The van der Waals surface area contributed by atoms with Gasteiger partial charge in [0.15, 0.2) is 0 Å². The number of hydrogen-bond acceptors (Lipinski definition) is 5. The molecule has 0 radical (unpaired) electrons. The Balaban J connectivity index is 1.90. The van der Waals surface area contributed by atoms with Crippen LogP contribution in [0.1, 0.15) is 19.3 Å². The summed E-state index contributed by atoms with van der Waals surface area (Å²) >= 11 is 0. The molecule has 1 aromatic rings. The van der Waals surface area contributed by atoms with E-state index in [1.807, 2.05) is 11.9 Å². The molecule has 9 heteroatoms. The monoisotopic (exact) mass is 342 g/mol. The van der Waals surface area contributed by atoms with Crippen LogP contribution in [0.4, 0.5) is 0 Å². The molecule has 128 valence electrons. The molecule has 0 aromatic carbocycles. The van der Waals surface area contributed by atoms with Crippen molar-refractivity contribution in [2.75, 3.05) is 26.7 Å². The van der Waals surface area contributed by atoms with Crippen molar-refractivity contribution in [3.63, 3.8) is 0 Å². The van der Waals surface area contributed by atoms with E-state index in [0.717, 1.165) is 13.0 Å². The summed E-state index contributed by atoms with van der Waals surface area (Å²) in [4.78, 5) is 14.0. The van der Waals surface area contributed by atoms with Gasteiger partial charge in [-0.15, -0.1) is 0 Å². The van der Waals surface area contributed by atoms with E-state index in [4.69, 9.17) is 0 Å². The van der Waals surface area contributed by atoms with Crippen LogP contribution in [0.2, 0.25) is 0 Å². The molecular formula is C14H22N4O4S. The highest BCUT2D eigenvalue weighted by atomic mass is 32.2. The Labute approximate surface area is 135 Å². The van der Waals surface area contributed by atoms with Crippen molar-refractivity contribution in [3.8, 4) is 0 Å². The Hall–Kier alpha value is -1.45. The topological polar surface area (TPSA) is 95.7 Å². The third-order valence-corrected chi connectivity index (χ3v) is 7.05. The minimum Gasteiger partial charge on any atom is -0.481 e. The van der Waals surface area contributed by atoms with Crippen LogP contribution >= 0.6 is 0 Å². The standard InChI is InChI=1S/C14H22N4O4S/c1-16-6-3-4-14(13(19)20)5-7-18(10-12(14)16)23(21,22)11-8-15-17(2)9-11/h8-9,12H,3-7,10H2,1-2H3,(H,19,20)/t12-,14+/m1/s1. The number of piperidine rings is 2. The summed E-state index contributed by atoms with van der Waals surface area (Å²) in [5.74, 6) is -0.813. The summed E-state index contributed by atoms with van der Waals surface area (Å²) in [6.45, 7) is 1.23. The van der Waals surface area contributed by atoms with Crippen LogP contribution in [0.3, 0.4) is 0 Å². The molecule has 1 aromatic heterocycles. The fraction of sp³-hybridized carbons (Fsp3) is 0.714. The minimum absolute atomic E-state index is 0.154. The van der Waals surface area contributed by atoms with E-state index in [2.05, 4.69) is 5.10 Å². The average molecular weight is 342 g/mol. The highest BCUT2D eigenvalue weighted by Crippen LogP contribution is 2.43. The molecule has 2 saturated heterocycles. The lowest BCUT2D eigenvalue weighted by Crippen LogP contribution is -2.63. The molecule has 0 aliphatic carbocycles. The van der Waals surface area contributed by atoms with Gasteiger partial charge in [-0.05, 0) is 32.9 Å². The molecule has 1 N–H and O–H groups in total. The molecule has 0 amide bonds. The Morgan fingerprint density at radius 2 is 2.09 bits per heavy atom. The van der Waals surface area contributed by atoms with Gasteiger partial charge >= 0.3 is 5.97 Å². The maximum absolute atomic E-state index is 12.8. The largest absolute Gasteiger partial charge is 0.481 e. The first-order valence-electron chi connectivity index (χ1n) is 7.70. The van der Waals surface area contributed by atoms with Gasteiger partial charge in [-0.2, -0.15) is 9.40 Å². The predicted molar refractivity (Wildman–Crippen MR) is 82.3 cm³/mol. The molecule has 0 bridgehead atoms. The molecule has 0 saturated carbocycles. The summed E-state index contributed by atoms with van der Waals surface area (Å²) in [6, 6.07) is -0.297. The average Bonchev–Trinajstić information content (AvgIpc) is 2.94. The maximum atomic E-state index is 12.8. The predicted octanol–water partition coefficient (Wildman–Crippen LogP) is -0.0203. The number of fused-ring (bicyclic) bond motifs is 1. The van der Waals surface area contributed by atoms with Crippen molar-refractivity contribution in [3.05, 3.63) is 12.4 Å². The Morgan fingerprint density at radius 1 is 1.35 bits per heavy atom. The van der Waals surface area contributed by atoms with Crippen molar-refractivity contribution < 1.29 is 18.3 Å². The molecule has 23 heavy (non-hydrogen) atoms. The fourth-order valence-corrected chi connectivity index (χ4v) is 5.29. The van der Waals surface area contributed by atoms with Gasteiger partial charge in [0.2, 0.25) is 10.0 Å². The third-order valence-electron chi connectivity index (χ3n) is 5.23. The summed E-state index contributed by atoms with van der Waals surface area (Å²) in [6.07, 6.45) is 4.58. The normalized spacial score (nSPS) is 30.1. The van der Waals surface area contributed by atoms with E-state index in [9.17, 15) is 18.3 Å². The molecule has 2 fully saturated rings. The van der Waals surface area contributed by atoms with Gasteiger partial charge in [-0.1, -0.05) is 0 Å². The number of aromatic nitrogens is 2. The van der Waals surface area contributed by atoms with Crippen molar-refractivity contribution >= 4 is 16.0 Å². The van der Waals surface area contributed by atoms with Gasteiger partial charge in [0.25, 0.3) is 0 Å². The van der Waals surface area contributed by atoms with Gasteiger partial charge in [-0.3, -0.25) is 9.48 Å². The van der Waals surface area contributed by atoms with E-state index in [1.54, 1.807) is 7.05 Å². The van der Waals surface area contributed by atoms with Crippen LogP contribution in [0.5, 0.6) is 0 Å². The number of likely N-dealkylation sites (tertiary alicyclic amines) is 1. The SMILES string of the molecule is CN1CCC[C@]2(C(=O)O)CCN(S(=O)(=O)c3cnn(C)c3)C[C@@H]12. The van der Waals surface area contributed by atoms with Crippen molar-refractivity contribution in [2.45, 2.75) is 30.2 Å². The second-order valence-corrected chi connectivity index (χ2v) is 8.46. The van der Waals surface area contributed by atoms with Gasteiger partial charge in [0.05, 0.1) is 11.6 Å². The summed E-state index contributed by atoms with van der Waals surface area (Å²) in [7, 11) is -0.0943. The molecule has 3 heterocycles. The van der Waals surface area contributed by atoms with Crippen LogP contribution in [0, 0.1) is 5.41 Å². The lowest BCUT2D eigenvalue weighted by molar-refractivity contribution is -0.160. The first-order valence-corrected chi connectivity index (χ1v) is 9.14. The first kappa shape index (κ1) is 16.4. The summed E-state index contributed by atoms with van der Waals surface area (Å²) in [5.41, 5.74) is -0.839. The Bertz CT molecular complexity index is 716. The summed E-state index contributed by atoms with van der Waals surface area (Å²) < 4.78 is 28.4. The smallest absolute Gasteiger partial charge is 0.311 e. The van der Waals surface area contributed by atoms with Gasteiger partial charge in [0, 0.05) is 32.4 Å². The number of aliphatic carboxylic acids is 1. The number of hydrogen-bond donors (Lipinski definition) is 1. The zero-order valence-corrected chi connectivity index (χ0v) is 14.2. The number of rotatable bonds is 3. The molecule has 0 spiro atoms. The lowest BCUT2D eigenvalue weighted by atomic mass is 9.69. The third kappa shape index (κ3) is 2.56. The number of sulfonamides is 1. The highest BCUT2D eigenvalue weighted by Gasteiger charge is 2.53. The van der Waals surface area contributed by atoms with Crippen molar-refractivity contribution in [1.82, 2.24) is 19.0 Å². The molecule has 2 aliphatic heterocycles. The van der Waals surface area contributed by atoms with Gasteiger partial charge in [-0.25, -0.2) is 8.42 Å². The van der Waals surface area contributed by atoms with E-state index >= 15 is 0 Å².